The summed E-state index contributed by atoms with van der Waals surface area (Å²) in [4.78, 5) is 12.3. The first-order chi connectivity index (χ1) is 10.7. The van der Waals surface area contributed by atoms with Crippen LogP contribution in [0, 0.1) is 18.3 Å². The number of rotatable bonds is 3. The smallest absolute Gasteiger partial charge is 0.267 e. The number of nitrogens with zero attached hydrogens (tertiary/aromatic N) is 3. The molecule has 0 N–H and O–H groups in total. The van der Waals surface area contributed by atoms with Crippen molar-refractivity contribution in [1.29, 1.82) is 5.26 Å². The van der Waals surface area contributed by atoms with Gasteiger partial charge in [0, 0.05) is 11.8 Å². The van der Waals surface area contributed by atoms with E-state index in [0.29, 0.717) is 11.8 Å². The van der Waals surface area contributed by atoms with E-state index >= 15 is 0 Å². The molecule has 0 saturated carbocycles. The maximum atomic E-state index is 12.3. The molecule has 0 aliphatic heterocycles. The van der Waals surface area contributed by atoms with Crippen molar-refractivity contribution in [3.05, 3.63) is 75.7 Å². The van der Waals surface area contributed by atoms with Gasteiger partial charge in [0.15, 0.2) is 0 Å². The minimum absolute atomic E-state index is 0.0373. The Morgan fingerprint density at radius 3 is 2.50 bits per heavy atom. The van der Waals surface area contributed by atoms with E-state index < -0.39 is 0 Å². The Kier molecular flexibility index (Phi) is 3.71. The summed E-state index contributed by atoms with van der Waals surface area (Å²) >= 11 is 0. The highest BCUT2D eigenvalue weighted by Gasteiger charge is 2.11. The molecule has 22 heavy (non-hydrogen) atoms. The third-order valence-corrected chi connectivity index (χ3v) is 3.78. The van der Waals surface area contributed by atoms with Gasteiger partial charge in [0.05, 0.1) is 17.1 Å². The average molecular weight is 289 g/mol. The first-order valence-corrected chi connectivity index (χ1v) is 7.11. The molecule has 0 aliphatic carbocycles. The minimum atomic E-state index is -0.217. The molecule has 0 unspecified atom stereocenters. The zero-order valence-corrected chi connectivity index (χ0v) is 12.3. The fourth-order valence-corrected chi connectivity index (χ4v) is 2.60. The van der Waals surface area contributed by atoms with E-state index in [2.05, 4.69) is 24.2 Å². The van der Waals surface area contributed by atoms with Crippen molar-refractivity contribution in [3.63, 3.8) is 0 Å². The molecule has 0 saturated heterocycles. The lowest BCUT2D eigenvalue weighted by Crippen LogP contribution is -2.24. The monoisotopic (exact) mass is 289 g/mol. The molecular weight excluding hydrogens is 274 g/mol. The van der Waals surface area contributed by atoms with Gasteiger partial charge in [-0.15, -0.1) is 0 Å². The van der Waals surface area contributed by atoms with E-state index in [9.17, 15) is 4.79 Å². The highest BCUT2D eigenvalue weighted by molar-refractivity contribution is 5.83. The van der Waals surface area contributed by atoms with E-state index in [1.165, 1.54) is 15.8 Å². The van der Waals surface area contributed by atoms with Crippen LogP contribution in [0.25, 0.3) is 10.8 Å². The Balaban J connectivity index is 2.21. The molecule has 108 valence electrons. The van der Waals surface area contributed by atoms with E-state index in [4.69, 9.17) is 5.26 Å². The molecule has 0 spiro atoms. The number of hydrogen-bond donors (Lipinski definition) is 0. The molecular formula is C18H15N3O. The van der Waals surface area contributed by atoms with Crippen molar-refractivity contribution in [2.75, 3.05) is 0 Å². The summed E-state index contributed by atoms with van der Waals surface area (Å²) in [7, 11) is 0. The van der Waals surface area contributed by atoms with Crippen molar-refractivity contribution in [1.82, 2.24) is 9.78 Å². The fourth-order valence-electron chi connectivity index (χ4n) is 2.60. The van der Waals surface area contributed by atoms with E-state index in [0.717, 1.165) is 11.1 Å². The van der Waals surface area contributed by atoms with Crippen LogP contribution in [0.5, 0.6) is 0 Å². The van der Waals surface area contributed by atoms with Crippen LogP contribution in [-0.2, 0) is 13.0 Å². The van der Waals surface area contributed by atoms with Gasteiger partial charge in [0.25, 0.3) is 5.56 Å². The Bertz CT molecular complexity index is 935. The lowest BCUT2D eigenvalue weighted by Gasteiger charge is -2.10. The number of hydrogen-bond acceptors (Lipinski definition) is 3. The predicted molar refractivity (Wildman–Crippen MR) is 85.6 cm³/mol. The average Bonchev–Trinajstić information content (AvgIpc) is 2.54. The summed E-state index contributed by atoms with van der Waals surface area (Å²) in [5.41, 5.74) is 2.96. The van der Waals surface area contributed by atoms with Crippen molar-refractivity contribution >= 4 is 10.8 Å². The van der Waals surface area contributed by atoms with Crippen LogP contribution in [0.15, 0.2) is 53.3 Å². The highest BCUT2D eigenvalue weighted by atomic mass is 16.1. The van der Waals surface area contributed by atoms with Crippen LogP contribution >= 0.6 is 0 Å². The Hall–Kier alpha value is -2.93. The van der Waals surface area contributed by atoms with Crippen molar-refractivity contribution in [3.8, 4) is 6.07 Å². The molecule has 0 bridgehead atoms. The van der Waals surface area contributed by atoms with Gasteiger partial charge in [-0.1, -0.05) is 42.5 Å². The lowest BCUT2D eigenvalue weighted by atomic mass is 10.0. The molecule has 0 atom stereocenters. The van der Waals surface area contributed by atoms with Crippen LogP contribution in [-0.4, -0.2) is 9.78 Å². The summed E-state index contributed by atoms with van der Waals surface area (Å²) in [6.45, 7) is 2.02. The highest BCUT2D eigenvalue weighted by Crippen LogP contribution is 2.18. The van der Waals surface area contributed by atoms with Gasteiger partial charge < -0.3 is 0 Å². The standard InChI is InChI=1S/C18H15N3O/c1-13-6-2-3-7-14(13)12-17-15-8-4-5-9-16(15)18(22)21(20-17)11-10-19/h2-9H,11-12H2,1H3. The molecule has 0 aliphatic rings. The van der Waals surface area contributed by atoms with E-state index in [1.807, 2.05) is 36.4 Å². The second kappa shape index (κ2) is 5.82. The zero-order valence-electron chi connectivity index (χ0n) is 12.3. The molecule has 0 fully saturated rings. The maximum absolute atomic E-state index is 12.3. The van der Waals surface area contributed by atoms with Crippen LogP contribution in [0.4, 0.5) is 0 Å². The third-order valence-electron chi connectivity index (χ3n) is 3.78. The molecule has 4 heteroatoms. The first kappa shape index (κ1) is 14.0. The topological polar surface area (TPSA) is 58.7 Å². The quantitative estimate of drug-likeness (QED) is 0.745. The summed E-state index contributed by atoms with van der Waals surface area (Å²) in [5.74, 6) is 0. The van der Waals surface area contributed by atoms with E-state index in [1.54, 1.807) is 6.07 Å². The number of benzene rings is 2. The fraction of sp³-hybridized carbons (Fsp3) is 0.167. The molecule has 1 aromatic heterocycles. The van der Waals surface area contributed by atoms with Crippen LogP contribution in [0.1, 0.15) is 16.8 Å². The summed E-state index contributed by atoms with van der Waals surface area (Å²) in [6, 6.07) is 17.5. The minimum Gasteiger partial charge on any atom is -0.267 e. The molecule has 3 rings (SSSR count). The lowest BCUT2D eigenvalue weighted by molar-refractivity contribution is 0.651. The van der Waals surface area contributed by atoms with Crippen molar-refractivity contribution < 1.29 is 0 Å². The second-order valence-corrected chi connectivity index (χ2v) is 5.22. The van der Waals surface area contributed by atoms with Crippen LogP contribution in [0.2, 0.25) is 0 Å². The molecule has 1 heterocycles. The Labute approximate surface area is 128 Å². The largest absolute Gasteiger partial charge is 0.275 e. The molecule has 3 aromatic rings. The first-order valence-electron chi connectivity index (χ1n) is 7.11. The SMILES string of the molecule is Cc1ccccc1Cc1nn(CC#N)c(=O)c2ccccc12. The van der Waals surface area contributed by atoms with Gasteiger partial charge in [-0.3, -0.25) is 4.79 Å². The number of fused-ring (bicyclic) bond motifs is 1. The van der Waals surface area contributed by atoms with Gasteiger partial charge in [-0.2, -0.15) is 10.4 Å². The predicted octanol–water partition coefficient (Wildman–Crippen LogP) is 2.82. The van der Waals surface area contributed by atoms with Gasteiger partial charge in [-0.05, 0) is 24.1 Å². The number of aryl methyl sites for hydroxylation is 1. The normalized spacial score (nSPS) is 10.5. The number of aromatic nitrogens is 2. The van der Waals surface area contributed by atoms with Crippen LogP contribution in [0.3, 0.4) is 0 Å². The summed E-state index contributed by atoms with van der Waals surface area (Å²) < 4.78 is 1.25. The Morgan fingerprint density at radius 2 is 1.77 bits per heavy atom. The third kappa shape index (κ3) is 2.49. The van der Waals surface area contributed by atoms with Crippen LogP contribution < -0.4 is 5.56 Å². The molecule has 0 radical (unpaired) electrons. The number of nitriles is 1. The summed E-state index contributed by atoms with van der Waals surface area (Å²) in [6.07, 6.45) is 0.638. The Morgan fingerprint density at radius 1 is 1.09 bits per heavy atom. The molecule has 4 nitrogen and oxygen atoms in total. The van der Waals surface area contributed by atoms with Gasteiger partial charge in [-0.25, -0.2) is 4.68 Å². The van der Waals surface area contributed by atoms with Crippen molar-refractivity contribution in [2.45, 2.75) is 19.9 Å². The summed E-state index contributed by atoms with van der Waals surface area (Å²) in [5, 5.41) is 14.8. The van der Waals surface area contributed by atoms with Gasteiger partial charge >= 0.3 is 0 Å². The second-order valence-electron chi connectivity index (χ2n) is 5.22. The molecule has 0 amide bonds. The molecule has 2 aromatic carbocycles. The van der Waals surface area contributed by atoms with Gasteiger partial charge in [0.1, 0.15) is 6.54 Å². The van der Waals surface area contributed by atoms with E-state index in [-0.39, 0.29) is 12.1 Å². The maximum Gasteiger partial charge on any atom is 0.275 e. The van der Waals surface area contributed by atoms with Gasteiger partial charge in [0.2, 0.25) is 0 Å². The zero-order chi connectivity index (χ0) is 15.5. The van der Waals surface area contributed by atoms with Crippen molar-refractivity contribution in [2.24, 2.45) is 0 Å².